The molecule has 1 aromatic carbocycles. The van der Waals surface area contributed by atoms with E-state index < -0.39 is 0 Å². The fourth-order valence-corrected chi connectivity index (χ4v) is 2.18. The van der Waals surface area contributed by atoms with Crippen LogP contribution in [0.15, 0.2) is 28.2 Å². The zero-order valence-electron chi connectivity index (χ0n) is 12.5. The number of nitrogens with two attached hydrogens (primary N) is 3. The smallest absolute Gasteiger partial charge is 0.223 e. The van der Waals surface area contributed by atoms with Gasteiger partial charge >= 0.3 is 0 Å². The Balaban J connectivity index is 2.43. The van der Waals surface area contributed by atoms with Gasteiger partial charge < -0.3 is 26.8 Å². The molecule has 1 aliphatic heterocycles. The van der Waals surface area contributed by atoms with E-state index in [1.54, 1.807) is 12.1 Å². The standard InChI is InChI=1S/C14H20N6O2/c1-9(21)10-2-3-12(20-4-6-22-7-5-20)11(8-10)18-14(17)19-13(15)16/h2-3,8H,4-7H2,1H3,(H6,15,16,17,18,19). The largest absolute Gasteiger partial charge is 0.378 e. The molecule has 0 amide bonds. The van der Waals surface area contributed by atoms with E-state index in [-0.39, 0.29) is 17.7 Å². The minimum Gasteiger partial charge on any atom is -0.378 e. The number of morpholine rings is 1. The number of carbonyl (C=O) groups is 1. The molecule has 6 N–H and O–H groups in total. The topological polar surface area (TPSA) is 132 Å². The third-order valence-electron chi connectivity index (χ3n) is 3.21. The number of guanidine groups is 2. The summed E-state index contributed by atoms with van der Waals surface area (Å²) < 4.78 is 5.35. The summed E-state index contributed by atoms with van der Waals surface area (Å²) in [5.41, 5.74) is 18.3. The van der Waals surface area contributed by atoms with Crippen LogP contribution in [0.3, 0.4) is 0 Å². The summed E-state index contributed by atoms with van der Waals surface area (Å²) in [7, 11) is 0. The summed E-state index contributed by atoms with van der Waals surface area (Å²) in [4.78, 5) is 21.6. The Morgan fingerprint density at radius 2 is 1.91 bits per heavy atom. The van der Waals surface area contributed by atoms with Gasteiger partial charge in [0.05, 0.1) is 24.6 Å². The van der Waals surface area contributed by atoms with Gasteiger partial charge in [0.1, 0.15) is 0 Å². The summed E-state index contributed by atoms with van der Waals surface area (Å²) in [6, 6.07) is 5.30. The summed E-state index contributed by atoms with van der Waals surface area (Å²) in [5, 5.41) is 0. The Bertz CT molecular complexity index is 616. The highest BCUT2D eigenvalue weighted by Crippen LogP contribution is 2.30. The zero-order chi connectivity index (χ0) is 16.1. The molecule has 0 saturated carbocycles. The van der Waals surface area contributed by atoms with Crippen LogP contribution in [0.5, 0.6) is 0 Å². The van der Waals surface area contributed by atoms with Gasteiger partial charge in [-0.15, -0.1) is 0 Å². The molecule has 0 unspecified atom stereocenters. The number of nitrogens with zero attached hydrogens (tertiary/aromatic N) is 3. The van der Waals surface area contributed by atoms with Crippen LogP contribution in [0.2, 0.25) is 0 Å². The number of ether oxygens (including phenoxy) is 1. The molecule has 22 heavy (non-hydrogen) atoms. The first-order valence-electron chi connectivity index (χ1n) is 6.89. The van der Waals surface area contributed by atoms with Crippen molar-refractivity contribution in [2.24, 2.45) is 27.2 Å². The third kappa shape index (κ3) is 3.95. The summed E-state index contributed by atoms with van der Waals surface area (Å²) in [6.45, 7) is 4.26. The molecule has 8 nitrogen and oxygen atoms in total. The molecule has 2 rings (SSSR count). The highest BCUT2D eigenvalue weighted by Gasteiger charge is 2.16. The normalized spacial score (nSPS) is 15.5. The van der Waals surface area contributed by atoms with E-state index in [4.69, 9.17) is 21.9 Å². The monoisotopic (exact) mass is 304 g/mol. The average molecular weight is 304 g/mol. The summed E-state index contributed by atoms with van der Waals surface area (Å²) in [5.74, 6) is -0.280. The van der Waals surface area contributed by atoms with Crippen LogP contribution in [0.4, 0.5) is 11.4 Å². The number of benzene rings is 1. The van der Waals surface area contributed by atoms with E-state index in [1.807, 2.05) is 6.07 Å². The number of anilines is 1. The first kappa shape index (κ1) is 15.8. The molecule has 0 aliphatic carbocycles. The molecular weight excluding hydrogens is 284 g/mol. The van der Waals surface area contributed by atoms with Crippen LogP contribution in [-0.2, 0) is 4.74 Å². The Hall–Kier alpha value is -2.61. The van der Waals surface area contributed by atoms with Gasteiger partial charge in [-0.1, -0.05) is 0 Å². The van der Waals surface area contributed by atoms with Crippen LogP contribution < -0.4 is 22.1 Å². The Morgan fingerprint density at radius 1 is 1.23 bits per heavy atom. The Labute approximate surface area is 128 Å². The van der Waals surface area contributed by atoms with Crippen molar-refractivity contribution in [3.05, 3.63) is 23.8 Å². The molecule has 0 atom stereocenters. The molecular formula is C14H20N6O2. The van der Waals surface area contributed by atoms with Gasteiger partial charge in [-0.2, -0.15) is 4.99 Å². The number of hydrogen-bond donors (Lipinski definition) is 3. The number of ketones is 1. The minimum atomic E-state index is -0.170. The number of carbonyl (C=O) groups excluding carboxylic acids is 1. The number of hydrogen-bond acceptors (Lipinski definition) is 4. The lowest BCUT2D eigenvalue weighted by Crippen LogP contribution is -2.36. The van der Waals surface area contributed by atoms with Crippen molar-refractivity contribution >= 4 is 29.1 Å². The lowest BCUT2D eigenvalue weighted by molar-refractivity contribution is 0.101. The lowest BCUT2D eigenvalue weighted by atomic mass is 10.1. The second kappa shape index (κ2) is 6.90. The molecule has 8 heteroatoms. The molecule has 0 bridgehead atoms. The van der Waals surface area contributed by atoms with Gasteiger partial charge in [0.2, 0.25) is 5.96 Å². The molecule has 1 heterocycles. The molecule has 0 radical (unpaired) electrons. The van der Waals surface area contributed by atoms with Gasteiger partial charge in [-0.3, -0.25) is 4.79 Å². The van der Waals surface area contributed by atoms with Crippen molar-refractivity contribution in [3.63, 3.8) is 0 Å². The third-order valence-corrected chi connectivity index (χ3v) is 3.21. The van der Waals surface area contributed by atoms with E-state index in [9.17, 15) is 4.79 Å². The minimum absolute atomic E-state index is 0.0506. The van der Waals surface area contributed by atoms with E-state index in [0.717, 1.165) is 18.8 Å². The molecule has 1 saturated heterocycles. The van der Waals surface area contributed by atoms with E-state index in [0.29, 0.717) is 24.5 Å². The van der Waals surface area contributed by atoms with Gasteiger partial charge in [0, 0.05) is 18.7 Å². The van der Waals surface area contributed by atoms with E-state index in [2.05, 4.69) is 14.9 Å². The van der Waals surface area contributed by atoms with Gasteiger partial charge in [0.15, 0.2) is 11.7 Å². The Kier molecular flexibility index (Phi) is 4.95. The first-order chi connectivity index (χ1) is 10.5. The molecule has 1 aromatic rings. The molecule has 0 spiro atoms. The SMILES string of the molecule is CC(=O)c1ccc(N2CCOCC2)c(N=C(N)N=C(N)N)c1. The second-order valence-electron chi connectivity index (χ2n) is 4.87. The quantitative estimate of drug-likeness (QED) is 0.407. The number of rotatable bonds is 3. The highest BCUT2D eigenvalue weighted by atomic mass is 16.5. The van der Waals surface area contributed by atoms with Crippen molar-refractivity contribution in [1.82, 2.24) is 0 Å². The molecule has 1 aliphatic rings. The van der Waals surface area contributed by atoms with Gasteiger partial charge in [-0.05, 0) is 25.1 Å². The summed E-state index contributed by atoms with van der Waals surface area (Å²) in [6.07, 6.45) is 0. The number of Topliss-reactive ketones (excluding diaryl/α,β-unsaturated/α-hetero) is 1. The predicted octanol–water partition coefficient (Wildman–Crippen LogP) is -0.0546. The van der Waals surface area contributed by atoms with Crippen LogP contribution in [0.1, 0.15) is 17.3 Å². The van der Waals surface area contributed by atoms with Crippen molar-refractivity contribution in [3.8, 4) is 0 Å². The van der Waals surface area contributed by atoms with Crippen molar-refractivity contribution < 1.29 is 9.53 Å². The van der Waals surface area contributed by atoms with Crippen LogP contribution in [0.25, 0.3) is 0 Å². The van der Waals surface area contributed by atoms with E-state index >= 15 is 0 Å². The first-order valence-corrected chi connectivity index (χ1v) is 6.89. The molecule has 118 valence electrons. The number of aliphatic imine (C=N–C) groups is 2. The maximum Gasteiger partial charge on any atom is 0.223 e. The predicted molar refractivity (Wildman–Crippen MR) is 86.6 cm³/mol. The van der Waals surface area contributed by atoms with Gasteiger partial charge in [-0.25, -0.2) is 4.99 Å². The van der Waals surface area contributed by atoms with Crippen LogP contribution in [0, 0.1) is 0 Å². The fraction of sp³-hybridized carbons (Fsp3) is 0.357. The lowest BCUT2D eigenvalue weighted by Gasteiger charge is -2.29. The highest BCUT2D eigenvalue weighted by molar-refractivity contribution is 5.98. The summed E-state index contributed by atoms with van der Waals surface area (Å²) >= 11 is 0. The van der Waals surface area contributed by atoms with Crippen LogP contribution >= 0.6 is 0 Å². The van der Waals surface area contributed by atoms with Crippen LogP contribution in [-0.4, -0.2) is 44.0 Å². The Morgan fingerprint density at radius 3 is 2.50 bits per heavy atom. The van der Waals surface area contributed by atoms with Crippen molar-refractivity contribution in [2.75, 3.05) is 31.2 Å². The molecule has 0 aromatic heterocycles. The zero-order valence-corrected chi connectivity index (χ0v) is 12.5. The average Bonchev–Trinajstić information content (AvgIpc) is 2.47. The maximum absolute atomic E-state index is 11.6. The van der Waals surface area contributed by atoms with Gasteiger partial charge in [0.25, 0.3) is 0 Å². The molecule has 1 fully saturated rings. The van der Waals surface area contributed by atoms with E-state index in [1.165, 1.54) is 6.92 Å². The maximum atomic E-state index is 11.6. The fourth-order valence-electron chi connectivity index (χ4n) is 2.18. The van der Waals surface area contributed by atoms with Crippen molar-refractivity contribution in [2.45, 2.75) is 6.92 Å². The van der Waals surface area contributed by atoms with Crippen molar-refractivity contribution in [1.29, 1.82) is 0 Å². The second-order valence-corrected chi connectivity index (χ2v) is 4.87.